The first-order valence-electron chi connectivity index (χ1n) is 12.0. The number of hydrogen-bond acceptors (Lipinski definition) is 4. The normalized spacial score (nSPS) is 18.3. The number of ether oxygens (including phenoxy) is 1. The summed E-state index contributed by atoms with van der Waals surface area (Å²) in [5.74, 6) is -0.411. The quantitative estimate of drug-likeness (QED) is 0.304. The van der Waals surface area contributed by atoms with E-state index in [1.807, 2.05) is 84.9 Å². The molecule has 176 valence electrons. The molecule has 0 bridgehead atoms. The molecule has 0 saturated carbocycles. The number of likely N-dealkylation sites (tertiary alicyclic amines) is 1. The van der Waals surface area contributed by atoms with Crippen LogP contribution in [0.2, 0.25) is 0 Å². The van der Waals surface area contributed by atoms with E-state index in [1.54, 1.807) is 0 Å². The molecule has 1 saturated heterocycles. The number of nitrogens with zero attached hydrogens (tertiary/aromatic N) is 1. The van der Waals surface area contributed by atoms with Gasteiger partial charge in [0.25, 0.3) is 0 Å². The summed E-state index contributed by atoms with van der Waals surface area (Å²) in [6.45, 7) is 0.719. The Kier molecular flexibility index (Phi) is 6.75. The third kappa shape index (κ3) is 4.39. The van der Waals surface area contributed by atoms with Crippen molar-refractivity contribution in [2.24, 2.45) is 0 Å². The van der Waals surface area contributed by atoms with Gasteiger partial charge in [-0.2, -0.15) is 0 Å². The van der Waals surface area contributed by atoms with Gasteiger partial charge in [0.05, 0.1) is 11.6 Å². The Balaban J connectivity index is 1.63. The molecule has 4 aromatic rings. The van der Waals surface area contributed by atoms with Gasteiger partial charge in [-0.25, -0.2) is 0 Å². The van der Waals surface area contributed by atoms with Crippen molar-refractivity contribution in [1.82, 2.24) is 4.90 Å². The van der Waals surface area contributed by atoms with Gasteiger partial charge in [0.15, 0.2) is 0 Å². The van der Waals surface area contributed by atoms with Crippen molar-refractivity contribution in [2.75, 3.05) is 6.54 Å². The number of esters is 1. The van der Waals surface area contributed by atoms with E-state index in [-0.39, 0.29) is 6.61 Å². The Labute approximate surface area is 206 Å². The Bertz CT molecular complexity index is 1130. The number of benzene rings is 4. The summed E-state index contributed by atoms with van der Waals surface area (Å²) in [4.78, 5) is 15.7. The van der Waals surface area contributed by atoms with Crippen LogP contribution in [0.25, 0.3) is 0 Å². The molecular formula is C31H29NO3. The summed E-state index contributed by atoms with van der Waals surface area (Å²) in [5, 5.41) is 11.1. The van der Waals surface area contributed by atoms with Gasteiger partial charge in [0.2, 0.25) is 0 Å². The molecule has 0 radical (unpaired) electrons. The van der Waals surface area contributed by atoms with Crippen molar-refractivity contribution >= 4 is 5.97 Å². The van der Waals surface area contributed by atoms with Crippen LogP contribution in [0.3, 0.4) is 0 Å². The minimum absolute atomic E-state index is 0.172. The van der Waals surface area contributed by atoms with E-state index in [0.717, 1.165) is 22.3 Å². The molecule has 2 atom stereocenters. The topological polar surface area (TPSA) is 49.8 Å². The zero-order valence-electron chi connectivity index (χ0n) is 19.5. The van der Waals surface area contributed by atoms with Crippen molar-refractivity contribution in [2.45, 2.75) is 30.7 Å². The first kappa shape index (κ1) is 23.0. The molecule has 1 aliphatic heterocycles. The van der Waals surface area contributed by atoms with Gasteiger partial charge < -0.3 is 9.84 Å². The van der Waals surface area contributed by atoms with Crippen LogP contribution in [-0.4, -0.2) is 34.7 Å². The van der Waals surface area contributed by atoms with Crippen LogP contribution in [0.1, 0.15) is 28.7 Å². The van der Waals surface area contributed by atoms with Crippen molar-refractivity contribution in [3.05, 3.63) is 144 Å². The lowest BCUT2D eigenvalue weighted by molar-refractivity contribution is -0.155. The molecule has 0 aromatic heterocycles. The first-order chi connectivity index (χ1) is 17.2. The molecule has 35 heavy (non-hydrogen) atoms. The number of aliphatic hydroxyl groups excluding tert-OH is 1. The van der Waals surface area contributed by atoms with Crippen LogP contribution < -0.4 is 0 Å². The predicted octanol–water partition coefficient (Wildman–Crippen LogP) is 5.16. The van der Waals surface area contributed by atoms with Gasteiger partial charge in [-0.3, -0.25) is 9.69 Å². The van der Waals surface area contributed by atoms with Crippen LogP contribution in [0.5, 0.6) is 0 Å². The van der Waals surface area contributed by atoms with Crippen LogP contribution in [0.15, 0.2) is 121 Å². The largest absolute Gasteiger partial charge is 0.460 e. The molecule has 1 N–H and O–H groups in total. The zero-order valence-corrected chi connectivity index (χ0v) is 19.5. The highest BCUT2D eigenvalue weighted by molar-refractivity contribution is 5.78. The second-order valence-corrected chi connectivity index (χ2v) is 8.90. The van der Waals surface area contributed by atoms with Crippen molar-refractivity contribution in [3.63, 3.8) is 0 Å². The summed E-state index contributed by atoms with van der Waals surface area (Å²) in [6.07, 6.45) is -0.340. The Morgan fingerprint density at radius 1 is 0.743 bits per heavy atom. The molecule has 4 nitrogen and oxygen atoms in total. The van der Waals surface area contributed by atoms with E-state index >= 15 is 0 Å². The molecule has 0 aliphatic carbocycles. The maximum atomic E-state index is 13.6. The van der Waals surface area contributed by atoms with E-state index in [9.17, 15) is 9.90 Å². The van der Waals surface area contributed by atoms with Crippen LogP contribution in [0.4, 0.5) is 0 Å². The zero-order chi connectivity index (χ0) is 24.1. The molecule has 1 heterocycles. The number of carbonyl (C=O) groups is 1. The SMILES string of the molecule is O=C(OCc1ccccc1)[C@@H]1C(O)CCN1C(c1ccccc1)(c1ccccc1)c1ccccc1. The van der Waals surface area contributed by atoms with Gasteiger partial charge in [-0.05, 0) is 28.7 Å². The molecule has 1 fully saturated rings. The molecule has 1 unspecified atom stereocenters. The molecule has 0 amide bonds. The van der Waals surface area contributed by atoms with Gasteiger partial charge in [-0.1, -0.05) is 121 Å². The van der Waals surface area contributed by atoms with Crippen LogP contribution >= 0.6 is 0 Å². The van der Waals surface area contributed by atoms with Crippen molar-refractivity contribution in [1.29, 1.82) is 0 Å². The molecule has 4 heteroatoms. The van der Waals surface area contributed by atoms with Gasteiger partial charge in [0.1, 0.15) is 12.6 Å². The highest BCUT2D eigenvalue weighted by atomic mass is 16.5. The lowest BCUT2D eigenvalue weighted by atomic mass is 9.75. The van der Waals surface area contributed by atoms with Crippen molar-refractivity contribution in [3.8, 4) is 0 Å². The molecule has 5 rings (SSSR count). The predicted molar refractivity (Wildman–Crippen MR) is 137 cm³/mol. The minimum atomic E-state index is -0.825. The molecule has 0 spiro atoms. The number of hydrogen-bond donors (Lipinski definition) is 1. The smallest absolute Gasteiger partial charge is 0.326 e. The Morgan fingerprint density at radius 2 is 1.17 bits per heavy atom. The number of carbonyl (C=O) groups excluding carboxylic acids is 1. The Hall–Kier alpha value is -3.73. The molecule has 1 aliphatic rings. The third-order valence-corrected chi connectivity index (χ3v) is 6.84. The Morgan fingerprint density at radius 3 is 1.63 bits per heavy atom. The standard InChI is InChI=1S/C31H29NO3/c33-28-21-22-32(29(28)30(34)35-23-24-13-5-1-6-14-24)31(25-15-7-2-8-16-25,26-17-9-3-10-18-26)27-19-11-4-12-20-27/h1-20,28-29,33H,21-23H2/t28?,29-/m0/s1. The van der Waals surface area contributed by atoms with E-state index in [2.05, 4.69) is 41.3 Å². The monoisotopic (exact) mass is 463 g/mol. The summed E-state index contributed by atoms with van der Waals surface area (Å²) < 4.78 is 5.77. The van der Waals surface area contributed by atoms with Gasteiger partial charge in [-0.15, -0.1) is 0 Å². The maximum Gasteiger partial charge on any atom is 0.326 e. The van der Waals surface area contributed by atoms with Gasteiger partial charge >= 0.3 is 5.97 Å². The van der Waals surface area contributed by atoms with E-state index in [0.29, 0.717) is 13.0 Å². The fraction of sp³-hybridized carbons (Fsp3) is 0.194. The molecule has 4 aromatic carbocycles. The average Bonchev–Trinajstić information content (AvgIpc) is 3.32. The van der Waals surface area contributed by atoms with E-state index in [4.69, 9.17) is 4.74 Å². The van der Waals surface area contributed by atoms with Crippen LogP contribution in [-0.2, 0) is 21.7 Å². The highest BCUT2D eigenvalue weighted by Crippen LogP contribution is 2.46. The van der Waals surface area contributed by atoms with E-state index < -0.39 is 23.7 Å². The second-order valence-electron chi connectivity index (χ2n) is 8.90. The second kappa shape index (κ2) is 10.3. The van der Waals surface area contributed by atoms with Crippen LogP contribution in [0, 0.1) is 0 Å². The summed E-state index contributed by atoms with van der Waals surface area (Å²) in [5.41, 5.74) is 3.24. The average molecular weight is 464 g/mol. The summed E-state index contributed by atoms with van der Waals surface area (Å²) in [7, 11) is 0. The van der Waals surface area contributed by atoms with Crippen molar-refractivity contribution < 1.29 is 14.6 Å². The minimum Gasteiger partial charge on any atom is -0.460 e. The summed E-state index contributed by atoms with van der Waals surface area (Å²) >= 11 is 0. The van der Waals surface area contributed by atoms with Gasteiger partial charge in [0, 0.05) is 6.54 Å². The lowest BCUT2D eigenvalue weighted by Gasteiger charge is -2.46. The first-order valence-corrected chi connectivity index (χ1v) is 12.0. The molecular weight excluding hydrogens is 434 g/mol. The fourth-order valence-electron chi connectivity index (χ4n) is 5.29. The summed E-state index contributed by atoms with van der Waals surface area (Å²) in [6, 6.07) is 39.5. The maximum absolute atomic E-state index is 13.6. The third-order valence-electron chi connectivity index (χ3n) is 6.84. The number of aliphatic hydroxyl groups is 1. The lowest BCUT2D eigenvalue weighted by Crippen LogP contribution is -2.55. The number of rotatable bonds is 7. The highest BCUT2D eigenvalue weighted by Gasteiger charge is 2.52. The van der Waals surface area contributed by atoms with E-state index in [1.165, 1.54) is 0 Å². The fourth-order valence-corrected chi connectivity index (χ4v) is 5.29.